The Hall–Kier alpha value is -0.370. The topological polar surface area (TPSA) is 26.3 Å². The van der Waals surface area contributed by atoms with Gasteiger partial charge in [-0.1, -0.05) is 27.2 Å². The molecule has 0 heterocycles. The predicted octanol–water partition coefficient (Wildman–Crippen LogP) is 2.27. The summed E-state index contributed by atoms with van der Waals surface area (Å²) in [4.78, 5) is 11.1. The molecule has 0 amide bonds. The van der Waals surface area contributed by atoms with Crippen LogP contribution in [-0.2, 0) is 9.53 Å². The zero-order chi connectivity index (χ0) is 9.72. The summed E-state index contributed by atoms with van der Waals surface area (Å²) in [5, 5.41) is 0. The largest absolute Gasteiger partial charge is 0.373 e. The van der Waals surface area contributed by atoms with E-state index >= 15 is 0 Å². The molecule has 12 heavy (non-hydrogen) atoms. The Kier molecular flexibility index (Phi) is 5.14. The fourth-order valence-corrected chi connectivity index (χ4v) is 1.42. The Bertz CT molecular complexity index is 143. The van der Waals surface area contributed by atoms with Crippen LogP contribution in [0.15, 0.2) is 0 Å². The zero-order valence-electron chi connectivity index (χ0n) is 8.76. The maximum absolute atomic E-state index is 11.1. The number of hydrogen-bond donors (Lipinski definition) is 0. The maximum Gasteiger partial charge on any atom is 0.158 e. The lowest BCUT2D eigenvalue weighted by Gasteiger charge is -2.24. The van der Waals surface area contributed by atoms with Crippen molar-refractivity contribution in [3.8, 4) is 0 Å². The van der Waals surface area contributed by atoms with Crippen molar-refractivity contribution in [2.75, 3.05) is 7.11 Å². The highest BCUT2D eigenvalue weighted by Crippen LogP contribution is 2.20. The molecule has 0 saturated carbocycles. The van der Waals surface area contributed by atoms with Crippen molar-refractivity contribution in [1.29, 1.82) is 0 Å². The van der Waals surface area contributed by atoms with Crippen molar-refractivity contribution in [1.82, 2.24) is 0 Å². The molecule has 0 N–H and O–H groups in total. The number of rotatable bonds is 5. The average Bonchev–Trinajstić information content (AvgIpc) is 2.03. The Morgan fingerprint density at radius 2 is 1.92 bits per heavy atom. The van der Waals surface area contributed by atoms with Crippen molar-refractivity contribution in [3.05, 3.63) is 0 Å². The summed E-state index contributed by atoms with van der Waals surface area (Å²) >= 11 is 0. The predicted molar refractivity (Wildman–Crippen MR) is 50.1 cm³/mol. The normalized spacial score (nSPS) is 18.4. The minimum atomic E-state index is -0.222. The number of carbonyl (C=O) groups is 1. The van der Waals surface area contributed by atoms with E-state index in [-0.39, 0.29) is 11.9 Å². The summed E-state index contributed by atoms with van der Waals surface area (Å²) in [6, 6.07) is 0. The summed E-state index contributed by atoms with van der Waals surface area (Å²) in [6.07, 6.45) is 0.869. The van der Waals surface area contributed by atoms with Gasteiger partial charge in [0.2, 0.25) is 0 Å². The van der Waals surface area contributed by atoms with Crippen molar-refractivity contribution in [2.45, 2.75) is 40.2 Å². The molecule has 0 radical (unpaired) electrons. The van der Waals surface area contributed by atoms with Crippen LogP contribution in [0.3, 0.4) is 0 Å². The number of methoxy groups -OCH3 is 1. The van der Waals surface area contributed by atoms with Crippen LogP contribution in [0.2, 0.25) is 0 Å². The highest BCUT2D eigenvalue weighted by atomic mass is 16.5. The van der Waals surface area contributed by atoms with Gasteiger partial charge < -0.3 is 4.74 Å². The molecule has 0 aliphatic rings. The van der Waals surface area contributed by atoms with Crippen LogP contribution in [0.5, 0.6) is 0 Å². The highest BCUT2D eigenvalue weighted by molar-refractivity contribution is 5.80. The molecule has 0 aromatic carbocycles. The van der Waals surface area contributed by atoms with E-state index in [2.05, 4.69) is 20.8 Å². The number of carbonyl (C=O) groups excluding carboxylic acids is 1. The second kappa shape index (κ2) is 5.31. The lowest BCUT2D eigenvalue weighted by Crippen LogP contribution is -2.31. The van der Waals surface area contributed by atoms with Crippen LogP contribution < -0.4 is 0 Å². The fraction of sp³-hybridized carbons (Fsp3) is 0.900. The molecule has 2 nitrogen and oxygen atoms in total. The van der Waals surface area contributed by atoms with Gasteiger partial charge >= 0.3 is 0 Å². The number of hydrogen-bond acceptors (Lipinski definition) is 2. The van der Waals surface area contributed by atoms with Gasteiger partial charge in [-0.3, -0.25) is 4.79 Å². The molecular weight excluding hydrogens is 152 g/mol. The van der Waals surface area contributed by atoms with E-state index < -0.39 is 0 Å². The first-order chi connectivity index (χ1) is 5.54. The van der Waals surface area contributed by atoms with Crippen molar-refractivity contribution in [2.24, 2.45) is 11.8 Å². The molecule has 0 aliphatic carbocycles. The van der Waals surface area contributed by atoms with Crippen LogP contribution in [0, 0.1) is 11.8 Å². The molecule has 0 spiro atoms. The van der Waals surface area contributed by atoms with Crippen molar-refractivity contribution < 1.29 is 9.53 Å². The number of Topliss-reactive ketones (excluding diaryl/α,β-unsaturated/α-hetero) is 1. The number of ether oxygens (including phenoxy) is 1. The second-order valence-electron chi connectivity index (χ2n) is 3.51. The fourth-order valence-electron chi connectivity index (χ4n) is 1.42. The standard InChI is InChI=1S/C10H20O2/c1-6-7(2)8(3)10(12-5)9(4)11/h7-8,10H,6H2,1-5H3. The van der Waals surface area contributed by atoms with Gasteiger partial charge in [0.25, 0.3) is 0 Å². The molecule has 0 aliphatic heterocycles. The first-order valence-electron chi connectivity index (χ1n) is 4.57. The van der Waals surface area contributed by atoms with Crippen LogP contribution in [0.4, 0.5) is 0 Å². The Morgan fingerprint density at radius 1 is 1.42 bits per heavy atom. The quantitative estimate of drug-likeness (QED) is 0.636. The molecule has 0 saturated heterocycles. The maximum atomic E-state index is 11.1. The first-order valence-corrected chi connectivity index (χ1v) is 4.57. The molecule has 0 fully saturated rings. The minimum absolute atomic E-state index is 0.130. The third-order valence-corrected chi connectivity index (χ3v) is 2.67. The molecule has 72 valence electrons. The van der Waals surface area contributed by atoms with Gasteiger partial charge in [0.1, 0.15) is 6.10 Å². The summed E-state index contributed by atoms with van der Waals surface area (Å²) in [7, 11) is 1.60. The minimum Gasteiger partial charge on any atom is -0.373 e. The summed E-state index contributed by atoms with van der Waals surface area (Å²) in [5.74, 6) is 0.988. The smallest absolute Gasteiger partial charge is 0.158 e. The van der Waals surface area contributed by atoms with E-state index in [1.807, 2.05) is 0 Å². The lowest BCUT2D eigenvalue weighted by molar-refractivity contribution is -0.130. The van der Waals surface area contributed by atoms with Crippen LogP contribution in [-0.4, -0.2) is 19.0 Å². The lowest BCUT2D eigenvalue weighted by atomic mass is 9.87. The molecule has 0 aromatic heterocycles. The van der Waals surface area contributed by atoms with Gasteiger partial charge in [0.05, 0.1) is 0 Å². The van der Waals surface area contributed by atoms with Gasteiger partial charge in [-0.15, -0.1) is 0 Å². The second-order valence-corrected chi connectivity index (χ2v) is 3.51. The Balaban J connectivity index is 4.20. The molecule has 0 bridgehead atoms. The SMILES string of the molecule is CCC(C)C(C)C(OC)C(C)=O. The van der Waals surface area contributed by atoms with Gasteiger partial charge in [0, 0.05) is 7.11 Å². The van der Waals surface area contributed by atoms with E-state index in [0.717, 1.165) is 6.42 Å². The molecule has 3 atom stereocenters. The zero-order valence-corrected chi connectivity index (χ0v) is 8.76. The monoisotopic (exact) mass is 172 g/mol. The van der Waals surface area contributed by atoms with Crippen LogP contribution in [0.25, 0.3) is 0 Å². The third kappa shape index (κ3) is 2.94. The highest BCUT2D eigenvalue weighted by Gasteiger charge is 2.24. The van der Waals surface area contributed by atoms with Gasteiger partial charge in [-0.25, -0.2) is 0 Å². The van der Waals surface area contributed by atoms with Gasteiger partial charge in [0.15, 0.2) is 5.78 Å². The first kappa shape index (κ1) is 11.6. The molecular formula is C10H20O2. The summed E-state index contributed by atoms with van der Waals surface area (Å²) in [6.45, 7) is 7.95. The van der Waals surface area contributed by atoms with E-state index in [9.17, 15) is 4.79 Å². The van der Waals surface area contributed by atoms with E-state index in [1.165, 1.54) is 0 Å². The average molecular weight is 172 g/mol. The van der Waals surface area contributed by atoms with Crippen LogP contribution >= 0.6 is 0 Å². The van der Waals surface area contributed by atoms with Crippen LogP contribution in [0.1, 0.15) is 34.1 Å². The number of ketones is 1. The van der Waals surface area contributed by atoms with Gasteiger partial charge in [-0.05, 0) is 18.8 Å². The molecule has 0 aromatic rings. The van der Waals surface area contributed by atoms with Gasteiger partial charge in [-0.2, -0.15) is 0 Å². The molecule has 0 rings (SSSR count). The summed E-state index contributed by atoms with van der Waals surface area (Å²) < 4.78 is 5.15. The Morgan fingerprint density at radius 3 is 2.17 bits per heavy atom. The molecule has 2 heteroatoms. The van der Waals surface area contributed by atoms with E-state index in [0.29, 0.717) is 11.8 Å². The summed E-state index contributed by atoms with van der Waals surface area (Å²) in [5.41, 5.74) is 0. The molecule has 3 unspecified atom stereocenters. The van der Waals surface area contributed by atoms with E-state index in [1.54, 1.807) is 14.0 Å². The third-order valence-electron chi connectivity index (χ3n) is 2.67. The van der Waals surface area contributed by atoms with E-state index in [4.69, 9.17) is 4.74 Å². The van der Waals surface area contributed by atoms with Crippen molar-refractivity contribution in [3.63, 3.8) is 0 Å². The Labute approximate surface area is 75.3 Å². The van der Waals surface area contributed by atoms with Crippen molar-refractivity contribution >= 4 is 5.78 Å².